The van der Waals surface area contributed by atoms with E-state index < -0.39 is 17.5 Å². The Labute approximate surface area is 133 Å². The van der Waals surface area contributed by atoms with Crippen LogP contribution in [0.15, 0.2) is 40.9 Å². The molecule has 2 rings (SSSR count). The maximum atomic E-state index is 13.5. The van der Waals surface area contributed by atoms with E-state index in [2.05, 4.69) is 26.6 Å². The number of hydrogen-bond donors (Lipinski definition) is 2. The maximum absolute atomic E-state index is 13.5. The molecule has 0 unspecified atom stereocenters. The first kappa shape index (κ1) is 15.7. The van der Waals surface area contributed by atoms with Gasteiger partial charge in [0.25, 0.3) is 0 Å². The minimum Gasteiger partial charge on any atom is -0.374 e. The molecule has 0 saturated carbocycles. The topological polar surface area (TPSA) is 41.1 Å². The Morgan fingerprint density at radius 2 is 1.86 bits per heavy atom. The molecule has 0 aliphatic heterocycles. The third kappa shape index (κ3) is 4.41. The second-order valence-corrected chi connectivity index (χ2v) is 5.50. The molecule has 0 radical (unpaired) electrons. The van der Waals surface area contributed by atoms with Crippen molar-refractivity contribution in [2.75, 3.05) is 17.2 Å². The molecule has 0 aliphatic carbocycles. The number of rotatable bonds is 4. The van der Waals surface area contributed by atoms with E-state index in [1.54, 1.807) is 6.07 Å². The van der Waals surface area contributed by atoms with Gasteiger partial charge in [0.05, 0.1) is 17.9 Å². The van der Waals surface area contributed by atoms with Gasteiger partial charge in [-0.2, -0.15) is 0 Å². The first-order valence-corrected chi connectivity index (χ1v) is 7.06. The van der Waals surface area contributed by atoms with E-state index in [0.29, 0.717) is 9.50 Å². The predicted octanol–water partition coefficient (Wildman–Crippen LogP) is 4.43. The van der Waals surface area contributed by atoms with Gasteiger partial charge in [0.1, 0.15) is 11.6 Å². The van der Waals surface area contributed by atoms with Crippen LogP contribution in [-0.4, -0.2) is 12.5 Å². The normalized spacial score (nSPS) is 10.3. The van der Waals surface area contributed by atoms with E-state index in [0.717, 1.165) is 6.07 Å². The lowest BCUT2D eigenvalue weighted by Gasteiger charge is -2.09. The second kappa shape index (κ2) is 6.87. The van der Waals surface area contributed by atoms with Crippen molar-refractivity contribution in [1.82, 2.24) is 0 Å². The number of anilines is 2. The van der Waals surface area contributed by atoms with Crippen molar-refractivity contribution < 1.29 is 13.6 Å². The molecule has 0 heterocycles. The van der Waals surface area contributed by atoms with E-state index in [-0.39, 0.29) is 17.9 Å². The second-order valence-electron chi connectivity index (χ2n) is 4.15. The lowest BCUT2D eigenvalue weighted by atomic mass is 10.3. The Morgan fingerprint density at radius 3 is 2.57 bits per heavy atom. The van der Waals surface area contributed by atoms with Crippen LogP contribution in [0.2, 0.25) is 5.02 Å². The van der Waals surface area contributed by atoms with Gasteiger partial charge in [-0.1, -0.05) is 27.5 Å². The molecule has 0 aliphatic rings. The van der Waals surface area contributed by atoms with E-state index in [1.807, 2.05) is 0 Å². The quantitative estimate of drug-likeness (QED) is 0.830. The van der Waals surface area contributed by atoms with Crippen LogP contribution in [0.3, 0.4) is 0 Å². The number of benzene rings is 2. The molecule has 3 nitrogen and oxygen atoms in total. The summed E-state index contributed by atoms with van der Waals surface area (Å²) in [5, 5.41) is 5.29. The molecule has 0 aromatic heterocycles. The minimum atomic E-state index is -0.595. The third-order valence-electron chi connectivity index (χ3n) is 2.57. The molecular weight excluding hydrogens is 366 g/mol. The standard InChI is InChI=1S/C14H10BrClF2N2O/c15-8-1-4-12(11(18)5-8)19-7-14(21)20-13-6-9(16)2-3-10(13)17/h1-6,19H,7H2,(H,20,21). The van der Waals surface area contributed by atoms with Crippen molar-refractivity contribution in [2.45, 2.75) is 0 Å². The van der Waals surface area contributed by atoms with Gasteiger partial charge < -0.3 is 10.6 Å². The maximum Gasteiger partial charge on any atom is 0.243 e. The number of halogens is 4. The van der Waals surface area contributed by atoms with E-state index >= 15 is 0 Å². The van der Waals surface area contributed by atoms with Crippen molar-refractivity contribution >= 4 is 44.8 Å². The van der Waals surface area contributed by atoms with Gasteiger partial charge in [0.15, 0.2) is 0 Å². The Kier molecular flexibility index (Phi) is 5.14. The number of nitrogens with one attached hydrogen (secondary N) is 2. The summed E-state index contributed by atoms with van der Waals surface area (Å²) in [5.41, 5.74) is 0.158. The summed E-state index contributed by atoms with van der Waals surface area (Å²) in [6.07, 6.45) is 0. The van der Waals surface area contributed by atoms with Crippen LogP contribution < -0.4 is 10.6 Å². The molecule has 0 bridgehead atoms. The molecular formula is C14H10BrClF2N2O. The van der Waals surface area contributed by atoms with Crippen LogP contribution in [0.5, 0.6) is 0 Å². The van der Waals surface area contributed by atoms with E-state index in [1.165, 1.54) is 24.3 Å². The lowest BCUT2D eigenvalue weighted by molar-refractivity contribution is -0.114. The highest BCUT2D eigenvalue weighted by atomic mass is 79.9. The largest absolute Gasteiger partial charge is 0.374 e. The van der Waals surface area contributed by atoms with Crippen molar-refractivity contribution in [3.05, 3.63) is 57.5 Å². The molecule has 2 aromatic carbocycles. The fourth-order valence-electron chi connectivity index (χ4n) is 1.60. The van der Waals surface area contributed by atoms with Crippen molar-refractivity contribution in [3.63, 3.8) is 0 Å². The molecule has 2 N–H and O–H groups in total. The summed E-state index contributed by atoms with van der Waals surface area (Å²) in [7, 11) is 0. The molecule has 0 fully saturated rings. The summed E-state index contributed by atoms with van der Waals surface area (Å²) < 4.78 is 27.6. The Morgan fingerprint density at radius 1 is 1.10 bits per heavy atom. The average molecular weight is 376 g/mol. The lowest BCUT2D eigenvalue weighted by Crippen LogP contribution is -2.22. The van der Waals surface area contributed by atoms with Crippen molar-refractivity contribution in [2.24, 2.45) is 0 Å². The highest BCUT2D eigenvalue weighted by Crippen LogP contribution is 2.20. The van der Waals surface area contributed by atoms with Gasteiger partial charge in [-0.3, -0.25) is 4.79 Å². The summed E-state index contributed by atoms with van der Waals surface area (Å²) >= 11 is 8.86. The Balaban J connectivity index is 1.97. The minimum absolute atomic E-state index is 0.0226. The van der Waals surface area contributed by atoms with Gasteiger partial charge in [-0.15, -0.1) is 0 Å². The molecule has 110 valence electrons. The van der Waals surface area contributed by atoms with Crippen LogP contribution in [0, 0.1) is 11.6 Å². The summed E-state index contributed by atoms with van der Waals surface area (Å²) in [4.78, 5) is 11.7. The zero-order valence-corrected chi connectivity index (χ0v) is 12.9. The van der Waals surface area contributed by atoms with Gasteiger partial charge in [-0.05, 0) is 36.4 Å². The molecule has 1 amide bonds. The Hall–Kier alpha value is -1.66. The van der Waals surface area contributed by atoms with Gasteiger partial charge in [0, 0.05) is 9.50 Å². The fraction of sp³-hybridized carbons (Fsp3) is 0.0714. The summed E-state index contributed by atoms with van der Waals surface area (Å²) in [6, 6.07) is 8.24. The molecule has 0 saturated heterocycles. The van der Waals surface area contributed by atoms with Crippen molar-refractivity contribution in [1.29, 1.82) is 0 Å². The third-order valence-corrected chi connectivity index (χ3v) is 3.30. The molecule has 2 aromatic rings. The highest BCUT2D eigenvalue weighted by molar-refractivity contribution is 9.10. The number of carbonyl (C=O) groups excluding carboxylic acids is 1. The fourth-order valence-corrected chi connectivity index (χ4v) is 2.10. The molecule has 21 heavy (non-hydrogen) atoms. The van der Waals surface area contributed by atoms with Gasteiger partial charge >= 0.3 is 0 Å². The van der Waals surface area contributed by atoms with E-state index in [9.17, 15) is 13.6 Å². The highest BCUT2D eigenvalue weighted by Gasteiger charge is 2.09. The number of amides is 1. The van der Waals surface area contributed by atoms with Crippen LogP contribution in [0.4, 0.5) is 20.2 Å². The zero-order valence-electron chi connectivity index (χ0n) is 10.6. The molecule has 0 spiro atoms. The van der Waals surface area contributed by atoms with Crippen molar-refractivity contribution in [3.8, 4) is 0 Å². The van der Waals surface area contributed by atoms with Crippen LogP contribution in [0.1, 0.15) is 0 Å². The first-order valence-electron chi connectivity index (χ1n) is 5.89. The number of hydrogen-bond acceptors (Lipinski definition) is 2. The predicted molar refractivity (Wildman–Crippen MR) is 82.6 cm³/mol. The summed E-state index contributed by atoms with van der Waals surface area (Å²) in [5.74, 6) is -1.60. The van der Waals surface area contributed by atoms with Crippen LogP contribution in [0.25, 0.3) is 0 Å². The first-order chi connectivity index (χ1) is 9.95. The van der Waals surface area contributed by atoms with Crippen LogP contribution in [-0.2, 0) is 4.79 Å². The van der Waals surface area contributed by atoms with E-state index in [4.69, 9.17) is 11.6 Å². The SMILES string of the molecule is O=C(CNc1ccc(Br)cc1F)Nc1cc(Cl)ccc1F. The smallest absolute Gasteiger partial charge is 0.243 e. The average Bonchev–Trinajstić information content (AvgIpc) is 2.42. The molecule has 0 atom stereocenters. The summed E-state index contributed by atoms with van der Waals surface area (Å²) in [6.45, 7) is -0.204. The monoisotopic (exact) mass is 374 g/mol. The van der Waals surface area contributed by atoms with Gasteiger partial charge in [-0.25, -0.2) is 8.78 Å². The zero-order chi connectivity index (χ0) is 15.4. The molecule has 7 heteroatoms. The number of carbonyl (C=O) groups is 1. The Bertz CT molecular complexity index is 682. The van der Waals surface area contributed by atoms with Crippen LogP contribution >= 0.6 is 27.5 Å². The van der Waals surface area contributed by atoms with Gasteiger partial charge in [0.2, 0.25) is 5.91 Å².